The van der Waals surface area contributed by atoms with Crippen molar-refractivity contribution in [2.24, 2.45) is 5.73 Å². The summed E-state index contributed by atoms with van der Waals surface area (Å²) in [6, 6.07) is 8.03. The Balaban J connectivity index is 2.35. The number of rotatable bonds is 3. The lowest BCUT2D eigenvalue weighted by molar-refractivity contribution is 0.608. The molecule has 0 bridgehead atoms. The van der Waals surface area contributed by atoms with Gasteiger partial charge < -0.3 is 10.2 Å². The molecule has 2 N–H and O–H groups in total. The third-order valence-corrected chi connectivity index (χ3v) is 2.89. The summed E-state index contributed by atoms with van der Waals surface area (Å²) in [5, 5.41) is 1.18. The van der Waals surface area contributed by atoms with Crippen molar-refractivity contribution in [3.63, 3.8) is 0 Å². The predicted octanol–water partition coefficient (Wildman–Crippen LogP) is 2.48. The second-order valence-electron chi connectivity index (χ2n) is 2.73. The van der Waals surface area contributed by atoms with Crippen LogP contribution >= 0.6 is 11.8 Å². The largest absolute Gasteiger partial charge is 0.463 e. The molecule has 0 saturated carbocycles. The van der Waals surface area contributed by atoms with Crippen LogP contribution in [0.1, 0.15) is 0 Å². The molecule has 0 atom stereocenters. The van der Waals surface area contributed by atoms with Gasteiger partial charge in [-0.15, -0.1) is 11.8 Å². The standard InChI is InChI=1S/C10H11NOS/c11-5-6-13-10-7-12-9-4-2-1-3-8(9)10/h1-4,7H,5-6,11H2. The fraction of sp³-hybridized carbons (Fsp3) is 0.200. The van der Waals surface area contributed by atoms with Crippen molar-refractivity contribution in [2.45, 2.75) is 4.90 Å². The van der Waals surface area contributed by atoms with Crippen LogP contribution in [0, 0.1) is 0 Å². The molecule has 2 nitrogen and oxygen atoms in total. The Labute approximate surface area is 81.1 Å². The molecule has 0 amide bonds. The second-order valence-corrected chi connectivity index (χ2v) is 3.87. The number of hydrogen-bond donors (Lipinski definition) is 1. The molecule has 0 unspecified atom stereocenters. The average molecular weight is 193 g/mol. The zero-order valence-corrected chi connectivity index (χ0v) is 8.01. The fourth-order valence-electron chi connectivity index (χ4n) is 1.23. The van der Waals surface area contributed by atoms with Crippen LogP contribution in [0.3, 0.4) is 0 Å². The Kier molecular flexibility index (Phi) is 2.57. The van der Waals surface area contributed by atoms with Crippen LogP contribution in [0.2, 0.25) is 0 Å². The van der Waals surface area contributed by atoms with Gasteiger partial charge in [-0.25, -0.2) is 0 Å². The summed E-state index contributed by atoms with van der Waals surface area (Å²) in [6.45, 7) is 0.699. The molecule has 1 heterocycles. The molecule has 0 aliphatic rings. The Morgan fingerprint density at radius 3 is 3.00 bits per heavy atom. The van der Waals surface area contributed by atoms with Gasteiger partial charge in [0.2, 0.25) is 0 Å². The van der Waals surface area contributed by atoms with E-state index < -0.39 is 0 Å². The van der Waals surface area contributed by atoms with Crippen LogP contribution in [0.15, 0.2) is 39.8 Å². The Morgan fingerprint density at radius 1 is 1.31 bits per heavy atom. The van der Waals surface area contributed by atoms with E-state index in [1.165, 1.54) is 10.3 Å². The predicted molar refractivity (Wildman–Crippen MR) is 56.0 cm³/mol. The highest BCUT2D eigenvalue weighted by atomic mass is 32.2. The topological polar surface area (TPSA) is 39.2 Å². The molecule has 0 saturated heterocycles. The van der Waals surface area contributed by atoms with Gasteiger partial charge in [0.25, 0.3) is 0 Å². The van der Waals surface area contributed by atoms with Crippen molar-refractivity contribution in [2.75, 3.05) is 12.3 Å². The van der Waals surface area contributed by atoms with E-state index in [1.807, 2.05) is 18.2 Å². The first-order chi connectivity index (χ1) is 6.42. The number of nitrogens with two attached hydrogens (primary N) is 1. The van der Waals surface area contributed by atoms with E-state index in [4.69, 9.17) is 10.2 Å². The van der Waals surface area contributed by atoms with Crippen molar-refractivity contribution in [1.29, 1.82) is 0 Å². The van der Waals surface area contributed by atoms with Gasteiger partial charge >= 0.3 is 0 Å². The lowest BCUT2D eigenvalue weighted by Gasteiger charge is -1.94. The molecule has 0 aliphatic carbocycles. The second kappa shape index (κ2) is 3.85. The summed E-state index contributed by atoms with van der Waals surface area (Å²) in [4.78, 5) is 1.18. The summed E-state index contributed by atoms with van der Waals surface area (Å²) < 4.78 is 5.38. The molecule has 2 aromatic rings. The first kappa shape index (κ1) is 8.66. The molecule has 0 aliphatic heterocycles. The molecule has 3 heteroatoms. The first-order valence-corrected chi connectivity index (χ1v) is 5.19. The van der Waals surface area contributed by atoms with Gasteiger partial charge in [0.05, 0.1) is 4.90 Å². The van der Waals surface area contributed by atoms with E-state index >= 15 is 0 Å². The van der Waals surface area contributed by atoms with E-state index in [-0.39, 0.29) is 0 Å². The maximum absolute atomic E-state index is 5.44. The van der Waals surface area contributed by atoms with E-state index in [2.05, 4.69) is 6.07 Å². The molecule has 68 valence electrons. The lowest BCUT2D eigenvalue weighted by atomic mass is 10.3. The number of hydrogen-bond acceptors (Lipinski definition) is 3. The summed E-state index contributed by atoms with van der Waals surface area (Å²) in [5.41, 5.74) is 6.38. The number of fused-ring (bicyclic) bond motifs is 1. The van der Waals surface area contributed by atoms with Crippen LogP contribution in [-0.4, -0.2) is 12.3 Å². The molecule has 2 rings (SSSR count). The minimum atomic E-state index is 0.699. The fourth-order valence-corrected chi connectivity index (χ4v) is 2.01. The highest BCUT2D eigenvalue weighted by Crippen LogP contribution is 2.28. The average Bonchev–Trinajstić information content (AvgIpc) is 2.58. The van der Waals surface area contributed by atoms with Gasteiger partial charge in [-0.05, 0) is 12.1 Å². The molecular formula is C10H11NOS. The number of furan rings is 1. The number of para-hydroxylation sites is 1. The maximum atomic E-state index is 5.44. The third kappa shape index (κ3) is 1.71. The van der Waals surface area contributed by atoms with Crippen molar-refractivity contribution in [3.8, 4) is 0 Å². The number of benzene rings is 1. The van der Waals surface area contributed by atoms with Crippen LogP contribution in [0.4, 0.5) is 0 Å². The van der Waals surface area contributed by atoms with Crippen LogP contribution in [-0.2, 0) is 0 Å². The maximum Gasteiger partial charge on any atom is 0.135 e. The van der Waals surface area contributed by atoms with Crippen LogP contribution < -0.4 is 5.73 Å². The van der Waals surface area contributed by atoms with Crippen molar-refractivity contribution in [1.82, 2.24) is 0 Å². The molecule has 1 aromatic heterocycles. The molecule has 0 fully saturated rings. The number of thioether (sulfide) groups is 1. The molecule has 0 spiro atoms. The zero-order valence-electron chi connectivity index (χ0n) is 7.19. The summed E-state index contributed by atoms with van der Waals surface area (Å²) in [6.07, 6.45) is 1.80. The van der Waals surface area contributed by atoms with Gasteiger partial charge in [-0.1, -0.05) is 12.1 Å². The summed E-state index contributed by atoms with van der Waals surface area (Å²) in [5.74, 6) is 0.934. The van der Waals surface area contributed by atoms with Gasteiger partial charge in [0.15, 0.2) is 0 Å². The van der Waals surface area contributed by atoms with E-state index in [0.717, 1.165) is 11.3 Å². The zero-order chi connectivity index (χ0) is 9.10. The van der Waals surface area contributed by atoms with E-state index in [0.29, 0.717) is 6.54 Å². The smallest absolute Gasteiger partial charge is 0.135 e. The summed E-state index contributed by atoms with van der Waals surface area (Å²) >= 11 is 1.74. The first-order valence-electron chi connectivity index (χ1n) is 4.21. The van der Waals surface area contributed by atoms with Crippen molar-refractivity contribution in [3.05, 3.63) is 30.5 Å². The summed E-state index contributed by atoms with van der Waals surface area (Å²) in [7, 11) is 0. The SMILES string of the molecule is NCCSc1coc2ccccc12. The Bertz CT molecular complexity index is 396. The minimum absolute atomic E-state index is 0.699. The van der Waals surface area contributed by atoms with Gasteiger partial charge in [0.1, 0.15) is 11.8 Å². The van der Waals surface area contributed by atoms with Crippen LogP contribution in [0.25, 0.3) is 11.0 Å². The Hall–Kier alpha value is -0.930. The minimum Gasteiger partial charge on any atom is -0.463 e. The van der Waals surface area contributed by atoms with Gasteiger partial charge in [-0.3, -0.25) is 0 Å². The van der Waals surface area contributed by atoms with Gasteiger partial charge in [0, 0.05) is 17.7 Å². The van der Waals surface area contributed by atoms with E-state index in [1.54, 1.807) is 18.0 Å². The highest BCUT2D eigenvalue weighted by Gasteiger charge is 2.03. The van der Waals surface area contributed by atoms with Gasteiger partial charge in [-0.2, -0.15) is 0 Å². The highest BCUT2D eigenvalue weighted by molar-refractivity contribution is 7.99. The normalized spacial score (nSPS) is 10.8. The lowest BCUT2D eigenvalue weighted by Crippen LogP contribution is -2.00. The van der Waals surface area contributed by atoms with Crippen LogP contribution in [0.5, 0.6) is 0 Å². The van der Waals surface area contributed by atoms with E-state index in [9.17, 15) is 0 Å². The van der Waals surface area contributed by atoms with Crippen molar-refractivity contribution >= 4 is 22.7 Å². The monoisotopic (exact) mass is 193 g/mol. The third-order valence-electron chi connectivity index (χ3n) is 1.82. The van der Waals surface area contributed by atoms with Crippen molar-refractivity contribution < 1.29 is 4.42 Å². The molecule has 0 radical (unpaired) electrons. The molecule has 1 aromatic carbocycles. The quantitative estimate of drug-likeness (QED) is 0.761. The Morgan fingerprint density at radius 2 is 2.15 bits per heavy atom. The molecular weight excluding hydrogens is 182 g/mol. The molecule has 13 heavy (non-hydrogen) atoms.